The van der Waals surface area contributed by atoms with Crippen LogP contribution in [0.2, 0.25) is 0 Å². The fourth-order valence-corrected chi connectivity index (χ4v) is 2.50. The van der Waals surface area contributed by atoms with Crippen molar-refractivity contribution >= 4 is 10.9 Å². The Morgan fingerprint density at radius 2 is 2.05 bits per heavy atom. The van der Waals surface area contributed by atoms with Gasteiger partial charge in [-0.25, -0.2) is 0 Å². The summed E-state index contributed by atoms with van der Waals surface area (Å²) >= 11 is 0. The van der Waals surface area contributed by atoms with Crippen LogP contribution in [0.3, 0.4) is 0 Å². The van der Waals surface area contributed by atoms with Crippen LogP contribution in [0.15, 0.2) is 36.5 Å². The molecule has 2 rings (SSSR count). The smallest absolute Gasteiger partial charge is 0.0705 e. The van der Waals surface area contributed by atoms with Gasteiger partial charge in [0.25, 0.3) is 0 Å². The molecule has 3 nitrogen and oxygen atoms in total. The fourth-order valence-electron chi connectivity index (χ4n) is 2.50. The Hall–Kier alpha value is -1.45. The molecule has 3 heteroatoms. The number of aromatic nitrogens is 1. The van der Waals surface area contributed by atoms with E-state index in [1.165, 1.54) is 10.9 Å². The summed E-state index contributed by atoms with van der Waals surface area (Å²) in [5.41, 5.74) is 2.45. The van der Waals surface area contributed by atoms with E-state index in [2.05, 4.69) is 60.5 Å². The Morgan fingerprint density at radius 3 is 2.80 bits per heavy atom. The predicted octanol–water partition coefficient (Wildman–Crippen LogP) is 3.23. The second kappa shape index (κ2) is 7.36. The molecule has 1 aromatic carbocycles. The normalized spacial score (nSPS) is 13.0. The van der Waals surface area contributed by atoms with Crippen LogP contribution < -0.4 is 5.32 Å². The molecule has 0 aliphatic rings. The van der Waals surface area contributed by atoms with Gasteiger partial charge in [-0.1, -0.05) is 25.1 Å². The molecule has 1 N–H and O–H groups in total. The van der Waals surface area contributed by atoms with E-state index in [1.54, 1.807) is 0 Å². The van der Waals surface area contributed by atoms with Crippen LogP contribution in [0.1, 0.15) is 31.4 Å². The van der Waals surface area contributed by atoms with Crippen LogP contribution >= 0.6 is 0 Å². The summed E-state index contributed by atoms with van der Waals surface area (Å²) in [6.07, 6.45) is 4.13. The first-order chi connectivity index (χ1) is 9.72. The molecule has 0 saturated carbocycles. The number of pyridine rings is 1. The zero-order chi connectivity index (χ0) is 14.4. The van der Waals surface area contributed by atoms with Crippen molar-refractivity contribution in [1.29, 1.82) is 0 Å². The van der Waals surface area contributed by atoms with Gasteiger partial charge in [0.15, 0.2) is 0 Å². The van der Waals surface area contributed by atoms with E-state index in [4.69, 9.17) is 0 Å². The molecule has 0 bridgehead atoms. The van der Waals surface area contributed by atoms with E-state index in [0.29, 0.717) is 6.04 Å². The molecule has 1 heterocycles. The molecule has 0 fully saturated rings. The van der Waals surface area contributed by atoms with Gasteiger partial charge in [-0.3, -0.25) is 4.98 Å². The Labute approximate surface area is 122 Å². The molecule has 0 radical (unpaired) electrons. The molecule has 2 aromatic rings. The van der Waals surface area contributed by atoms with Crippen LogP contribution in [-0.2, 0) is 0 Å². The van der Waals surface area contributed by atoms with Crippen molar-refractivity contribution in [2.45, 2.75) is 25.8 Å². The number of nitrogens with zero attached hydrogens (tertiary/aromatic N) is 2. The lowest BCUT2D eigenvalue weighted by Crippen LogP contribution is -2.26. The minimum absolute atomic E-state index is 0.394. The maximum Gasteiger partial charge on any atom is 0.0705 e. The van der Waals surface area contributed by atoms with E-state index in [0.717, 1.165) is 31.4 Å². The molecule has 108 valence electrons. The number of benzene rings is 1. The standard InChI is InChI=1S/C17H25N3/c1-4-11-18-17(10-13-20(2)3)14-7-5-9-16-15(14)8-6-12-19-16/h5-9,12,17-18H,4,10-11,13H2,1-3H3. The van der Waals surface area contributed by atoms with E-state index in [9.17, 15) is 0 Å². The number of hydrogen-bond acceptors (Lipinski definition) is 3. The zero-order valence-electron chi connectivity index (χ0n) is 12.8. The van der Waals surface area contributed by atoms with Gasteiger partial charge in [-0.2, -0.15) is 0 Å². The molecule has 0 aliphatic carbocycles. The summed E-state index contributed by atoms with van der Waals surface area (Å²) in [6.45, 7) is 4.34. The molecule has 0 amide bonds. The van der Waals surface area contributed by atoms with Gasteiger partial charge in [0.05, 0.1) is 5.52 Å². The lowest BCUT2D eigenvalue weighted by molar-refractivity contribution is 0.362. The molecule has 0 spiro atoms. The molecule has 20 heavy (non-hydrogen) atoms. The molecule has 0 aliphatic heterocycles. The first-order valence-electron chi connectivity index (χ1n) is 7.44. The minimum atomic E-state index is 0.394. The molecular formula is C17H25N3. The van der Waals surface area contributed by atoms with Crippen molar-refractivity contribution in [2.75, 3.05) is 27.2 Å². The van der Waals surface area contributed by atoms with E-state index in [1.807, 2.05) is 12.3 Å². The molecule has 1 aromatic heterocycles. The van der Waals surface area contributed by atoms with Gasteiger partial charge < -0.3 is 10.2 Å². The maximum absolute atomic E-state index is 4.46. The average Bonchev–Trinajstić information content (AvgIpc) is 2.47. The van der Waals surface area contributed by atoms with Crippen molar-refractivity contribution in [3.63, 3.8) is 0 Å². The van der Waals surface area contributed by atoms with Crippen LogP contribution in [0, 0.1) is 0 Å². The summed E-state index contributed by atoms with van der Waals surface area (Å²) in [4.78, 5) is 6.70. The van der Waals surface area contributed by atoms with E-state index >= 15 is 0 Å². The Balaban J connectivity index is 2.29. The van der Waals surface area contributed by atoms with E-state index < -0.39 is 0 Å². The summed E-state index contributed by atoms with van der Waals surface area (Å²) in [6, 6.07) is 11.0. The van der Waals surface area contributed by atoms with Crippen LogP contribution in [0.25, 0.3) is 10.9 Å². The molecule has 1 atom stereocenters. The molecule has 1 unspecified atom stereocenters. The Morgan fingerprint density at radius 1 is 1.20 bits per heavy atom. The van der Waals surface area contributed by atoms with Crippen molar-refractivity contribution < 1.29 is 0 Å². The van der Waals surface area contributed by atoms with Crippen molar-refractivity contribution in [1.82, 2.24) is 15.2 Å². The SMILES string of the molecule is CCCNC(CCN(C)C)c1cccc2ncccc12. The second-order valence-corrected chi connectivity index (χ2v) is 5.52. The van der Waals surface area contributed by atoms with Gasteiger partial charge >= 0.3 is 0 Å². The highest BCUT2D eigenvalue weighted by atomic mass is 15.1. The van der Waals surface area contributed by atoms with Gasteiger partial charge in [0.1, 0.15) is 0 Å². The third kappa shape index (κ3) is 3.78. The van der Waals surface area contributed by atoms with E-state index in [-0.39, 0.29) is 0 Å². The van der Waals surface area contributed by atoms with Crippen LogP contribution in [0.4, 0.5) is 0 Å². The maximum atomic E-state index is 4.46. The summed E-state index contributed by atoms with van der Waals surface area (Å²) < 4.78 is 0. The lowest BCUT2D eigenvalue weighted by atomic mass is 9.98. The first-order valence-corrected chi connectivity index (χ1v) is 7.44. The quantitative estimate of drug-likeness (QED) is 0.838. The second-order valence-electron chi connectivity index (χ2n) is 5.52. The largest absolute Gasteiger partial charge is 0.310 e. The van der Waals surface area contributed by atoms with Gasteiger partial charge in [-0.15, -0.1) is 0 Å². The van der Waals surface area contributed by atoms with Crippen LogP contribution in [-0.4, -0.2) is 37.1 Å². The molecular weight excluding hydrogens is 246 g/mol. The first kappa shape index (κ1) is 14.9. The van der Waals surface area contributed by atoms with Crippen LogP contribution in [0.5, 0.6) is 0 Å². The van der Waals surface area contributed by atoms with Crippen molar-refractivity contribution in [2.24, 2.45) is 0 Å². The lowest BCUT2D eigenvalue weighted by Gasteiger charge is -2.22. The van der Waals surface area contributed by atoms with Crippen molar-refractivity contribution in [3.05, 3.63) is 42.1 Å². The average molecular weight is 271 g/mol. The number of hydrogen-bond donors (Lipinski definition) is 1. The van der Waals surface area contributed by atoms with Gasteiger partial charge in [0, 0.05) is 17.6 Å². The Kier molecular flexibility index (Phi) is 5.50. The van der Waals surface area contributed by atoms with Gasteiger partial charge in [0.2, 0.25) is 0 Å². The monoisotopic (exact) mass is 271 g/mol. The number of rotatable bonds is 7. The zero-order valence-corrected chi connectivity index (χ0v) is 12.8. The third-order valence-electron chi connectivity index (χ3n) is 3.56. The minimum Gasteiger partial charge on any atom is -0.310 e. The Bertz CT molecular complexity index is 531. The highest BCUT2D eigenvalue weighted by molar-refractivity contribution is 5.82. The summed E-state index contributed by atoms with van der Waals surface area (Å²) in [5.74, 6) is 0. The fraction of sp³-hybridized carbons (Fsp3) is 0.471. The predicted molar refractivity (Wildman–Crippen MR) is 85.9 cm³/mol. The highest BCUT2D eigenvalue weighted by Gasteiger charge is 2.14. The topological polar surface area (TPSA) is 28.2 Å². The number of fused-ring (bicyclic) bond motifs is 1. The summed E-state index contributed by atoms with van der Waals surface area (Å²) in [7, 11) is 4.25. The highest BCUT2D eigenvalue weighted by Crippen LogP contribution is 2.25. The van der Waals surface area contributed by atoms with Crippen molar-refractivity contribution in [3.8, 4) is 0 Å². The number of nitrogens with one attached hydrogen (secondary N) is 1. The van der Waals surface area contributed by atoms with Gasteiger partial charge in [-0.05, 0) is 57.7 Å². The third-order valence-corrected chi connectivity index (χ3v) is 3.56. The molecule has 0 saturated heterocycles. The summed E-state index contributed by atoms with van der Waals surface area (Å²) in [5, 5.41) is 4.94.